The van der Waals surface area contributed by atoms with Crippen molar-refractivity contribution in [2.75, 3.05) is 0 Å². The Kier molecular flexibility index (Phi) is 3.97. The number of aliphatic hydroxyl groups is 1. The molecule has 1 aromatic carbocycles. The number of hydrogen-bond donors (Lipinski definition) is 2. The van der Waals surface area contributed by atoms with Crippen LogP contribution < -0.4 is 5.32 Å². The highest BCUT2D eigenvalue weighted by Crippen LogP contribution is 2.23. The number of piperidine rings is 1. The second kappa shape index (κ2) is 5.46. The average molecular weight is 219 g/mol. The molecule has 1 aliphatic rings. The van der Waals surface area contributed by atoms with Gasteiger partial charge in [0.25, 0.3) is 0 Å². The molecule has 0 amide bonds. The van der Waals surface area contributed by atoms with Crippen molar-refractivity contribution in [1.29, 1.82) is 0 Å². The summed E-state index contributed by atoms with van der Waals surface area (Å²) in [5.74, 6) is 0. The molecule has 0 saturated carbocycles. The van der Waals surface area contributed by atoms with Gasteiger partial charge in [0.1, 0.15) is 0 Å². The van der Waals surface area contributed by atoms with Crippen LogP contribution in [0.15, 0.2) is 30.3 Å². The fourth-order valence-corrected chi connectivity index (χ4v) is 2.51. The van der Waals surface area contributed by atoms with Crippen LogP contribution in [0.4, 0.5) is 0 Å². The average Bonchev–Trinajstić information content (AvgIpc) is 2.30. The van der Waals surface area contributed by atoms with E-state index in [1.54, 1.807) is 0 Å². The Bertz CT molecular complexity index is 312. The zero-order valence-corrected chi connectivity index (χ0v) is 9.89. The van der Waals surface area contributed by atoms with Gasteiger partial charge in [-0.2, -0.15) is 0 Å². The van der Waals surface area contributed by atoms with E-state index in [4.69, 9.17) is 0 Å². The van der Waals surface area contributed by atoms with Crippen molar-refractivity contribution in [1.82, 2.24) is 5.32 Å². The summed E-state index contributed by atoms with van der Waals surface area (Å²) in [5.41, 5.74) is 1.03. The third-order valence-electron chi connectivity index (χ3n) is 3.40. The van der Waals surface area contributed by atoms with E-state index >= 15 is 0 Å². The summed E-state index contributed by atoms with van der Waals surface area (Å²) in [7, 11) is 0. The monoisotopic (exact) mass is 219 g/mol. The van der Waals surface area contributed by atoms with Crippen LogP contribution in [0, 0.1) is 0 Å². The highest BCUT2D eigenvalue weighted by atomic mass is 16.3. The van der Waals surface area contributed by atoms with Gasteiger partial charge in [-0.3, -0.25) is 0 Å². The Morgan fingerprint density at radius 1 is 1.31 bits per heavy atom. The number of rotatable bonds is 3. The fourth-order valence-electron chi connectivity index (χ4n) is 2.51. The van der Waals surface area contributed by atoms with E-state index in [1.165, 1.54) is 19.3 Å². The van der Waals surface area contributed by atoms with Gasteiger partial charge in [-0.1, -0.05) is 36.8 Å². The van der Waals surface area contributed by atoms with Crippen LogP contribution >= 0.6 is 0 Å². The molecule has 1 aliphatic heterocycles. The third kappa shape index (κ3) is 3.06. The first kappa shape index (κ1) is 11.6. The van der Waals surface area contributed by atoms with Crippen LogP contribution in [0.25, 0.3) is 0 Å². The summed E-state index contributed by atoms with van der Waals surface area (Å²) < 4.78 is 0. The summed E-state index contributed by atoms with van der Waals surface area (Å²) in [6, 6.07) is 11.0. The Balaban J connectivity index is 1.89. The first-order chi connectivity index (χ1) is 7.75. The molecule has 88 valence electrons. The van der Waals surface area contributed by atoms with Crippen LogP contribution in [0.3, 0.4) is 0 Å². The number of benzene rings is 1. The number of aliphatic hydroxyl groups excluding tert-OH is 1. The van der Waals surface area contributed by atoms with Gasteiger partial charge in [-0.15, -0.1) is 0 Å². The summed E-state index contributed by atoms with van der Waals surface area (Å²) in [6.07, 6.45) is 4.23. The van der Waals surface area contributed by atoms with Crippen molar-refractivity contribution in [3.05, 3.63) is 35.9 Å². The van der Waals surface area contributed by atoms with Gasteiger partial charge >= 0.3 is 0 Å². The van der Waals surface area contributed by atoms with E-state index < -0.39 is 0 Å². The highest BCUT2D eigenvalue weighted by Gasteiger charge is 2.20. The summed E-state index contributed by atoms with van der Waals surface area (Å²) in [6.45, 7) is 2.22. The van der Waals surface area contributed by atoms with E-state index in [2.05, 4.69) is 12.2 Å². The molecule has 0 aromatic heterocycles. The number of hydrogen-bond acceptors (Lipinski definition) is 2. The van der Waals surface area contributed by atoms with Crippen LogP contribution in [0.2, 0.25) is 0 Å². The minimum absolute atomic E-state index is 0.330. The molecule has 1 aromatic rings. The maximum atomic E-state index is 10.1. The van der Waals surface area contributed by atoms with E-state index in [9.17, 15) is 5.11 Å². The summed E-state index contributed by atoms with van der Waals surface area (Å²) in [4.78, 5) is 0. The van der Waals surface area contributed by atoms with Crippen molar-refractivity contribution < 1.29 is 5.11 Å². The lowest BCUT2D eigenvalue weighted by Gasteiger charge is -2.30. The highest BCUT2D eigenvalue weighted by molar-refractivity contribution is 5.17. The van der Waals surface area contributed by atoms with Gasteiger partial charge in [0.15, 0.2) is 0 Å². The molecule has 2 nitrogen and oxygen atoms in total. The zero-order chi connectivity index (χ0) is 11.4. The van der Waals surface area contributed by atoms with Crippen LogP contribution in [-0.2, 0) is 0 Å². The minimum Gasteiger partial charge on any atom is -0.388 e. The predicted octanol–water partition coefficient (Wildman–Crippen LogP) is 2.64. The van der Waals surface area contributed by atoms with Crippen molar-refractivity contribution in [3.63, 3.8) is 0 Å². The molecular weight excluding hydrogens is 198 g/mol. The first-order valence-corrected chi connectivity index (χ1v) is 6.25. The summed E-state index contributed by atoms with van der Waals surface area (Å²) in [5, 5.41) is 13.7. The van der Waals surface area contributed by atoms with Gasteiger partial charge in [0.2, 0.25) is 0 Å². The topological polar surface area (TPSA) is 32.3 Å². The molecule has 2 heteroatoms. The predicted molar refractivity (Wildman–Crippen MR) is 66.3 cm³/mol. The van der Waals surface area contributed by atoms with E-state index in [0.29, 0.717) is 12.1 Å². The molecule has 0 radical (unpaired) electrons. The Labute approximate surface area is 97.7 Å². The van der Waals surface area contributed by atoms with Gasteiger partial charge < -0.3 is 10.4 Å². The quantitative estimate of drug-likeness (QED) is 0.819. The SMILES string of the molecule is C[C@H]1CCC[C@@H](C[C@@H](O)c2ccccc2)N1. The minimum atomic E-state index is -0.330. The van der Waals surface area contributed by atoms with Gasteiger partial charge in [0.05, 0.1) is 6.10 Å². The van der Waals surface area contributed by atoms with Crippen molar-refractivity contribution >= 4 is 0 Å². The molecular formula is C14H21NO. The van der Waals surface area contributed by atoms with Gasteiger partial charge in [0, 0.05) is 12.1 Å². The smallest absolute Gasteiger partial charge is 0.0804 e. The molecule has 2 N–H and O–H groups in total. The molecule has 0 unspecified atom stereocenters. The fraction of sp³-hybridized carbons (Fsp3) is 0.571. The maximum Gasteiger partial charge on any atom is 0.0804 e. The second-order valence-electron chi connectivity index (χ2n) is 4.86. The molecule has 1 fully saturated rings. The van der Waals surface area contributed by atoms with Crippen molar-refractivity contribution in [3.8, 4) is 0 Å². The Morgan fingerprint density at radius 3 is 2.75 bits per heavy atom. The van der Waals surface area contributed by atoms with Crippen LogP contribution in [-0.4, -0.2) is 17.2 Å². The molecule has 3 atom stereocenters. The number of nitrogens with one attached hydrogen (secondary N) is 1. The molecule has 1 heterocycles. The lowest BCUT2D eigenvalue weighted by atomic mass is 9.93. The van der Waals surface area contributed by atoms with Crippen molar-refractivity contribution in [2.45, 2.75) is 50.8 Å². The lowest BCUT2D eigenvalue weighted by Crippen LogP contribution is -2.41. The Morgan fingerprint density at radius 2 is 2.06 bits per heavy atom. The zero-order valence-electron chi connectivity index (χ0n) is 9.89. The van der Waals surface area contributed by atoms with E-state index in [0.717, 1.165) is 12.0 Å². The standard InChI is InChI=1S/C14H21NO/c1-11-6-5-9-13(15-11)10-14(16)12-7-3-2-4-8-12/h2-4,7-8,11,13-16H,5-6,9-10H2,1H3/t11-,13-,14+/m0/s1. The summed E-state index contributed by atoms with van der Waals surface area (Å²) >= 11 is 0. The first-order valence-electron chi connectivity index (χ1n) is 6.25. The third-order valence-corrected chi connectivity index (χ3v) is 3.40. The molecule has 0 bridgehead atoms. The van der Waals surface area contributed by atoms with Crippen LogP contribution in [0.1, 0.15) is 44.3 Å². The van der Waals surface area contributed by atoms with Gasteiger partial charge in [-0.25, -0.2) is 0 Å². The second-order valence-corrected chi connectivity index (χ2v) is 4.86. The van der Waals surface area contributed by atoms with Crippen LogP contribution in [0.5, 0.6) is 0 Å². The molecule has 0 spiro atoms. The normalized spacial score (nSPS) is 27.6. The molecule has 2 rings (SSSR count). The maximum absolute atomic E-state index is 10.1. The van der Waals surface area contributed by atoms with E-state index in [1.807, 2.05) is 30.3 Å². The largest absolute Gasteiger partial charge is 0.388 e. The molecule has 1 saturated heterocycles. The van der Waals surface area contributed by atoms with E-state index in [-0.39, 0.29) is 6.10 Å². The lowest BCUT2D eigenvalue weighted by molar-refractivity contribution is 0.139. The van der Waals surface area contributed by atoms with Crippen molar-refractivity contribution in [2.24, 2.45) is 0 Å². The van der Waals surface area contributed by atoms with Gasteiger partial charge in [-0.05, 0) is 31.7 Å². The molecule has 0 aliphatic carbocycles. The Hall–Kier alpha value is -0.860. The molecule has 16 heavy (non-hydrogen) atoms.